The maximum atomic E-state index is 13.2. The summed E-state index contributed by atoms with van der Waals surface area (Å²) < 4.78 is 5.68. The van der Waals surface area contributed by atoms with E-state index in [1.165, 1.54) is 6.42 Å². The molecule has 1 N–H and O–H groups in total. The van der Waals surface area contributed by atoms with E-state index < -0.39 is 6.04 Å². The van der Waals surface area contributed by atoms with Crippen LogP contribution in [-0.2, 0) is 16.1 Å². The quantitative estimate of drug-likeness (QED) is 0.510. The van der Waals surface area contributed by atoms with Crippen molar-refractivity contribution in [2.24, 2.45) is 0 Å². The first-order valence-corrected chi connectivity index (χ1v) is 11.9. The third-order valence-electron chi connectivity index (χ3n) is 5.76. The van der Waals surface area contributed by atoms with Crippen molar-refractivity contribution in [2.75, 3.05) is 6.61 Å². The van der Waals surface area contributed by atoms with Crippen LogP contribution in [0.5, 0.6) is 5.75 Å². The summed E-state index contributed by atoms with van der Waals surface area (Å²) in [7, 11) is 0. The Morgan fingerprint density at radius 3 is 2.44 bits per heavy atom. The molecule has 0 spiro atoms. The van der Waals surface area contributed by atoms with Crippen LogP contribution in [0.25, 0.3) is 0 Å². The highest BCUT2D eigenvalue weighted by atomic mass is 35.5. The van der Waals surface area contributed by atoms with Gasteiger partial charge in [-0.1, -0.05) is 67.6 Å². The fourth-order valence-corrected chi connectivity index (χ4v) is 4.34. The van der Waals surface area contributed by atoms with Crippen molar-refractivity contribution in [2.45, 2.75) is 64.1 Å². The molecule has 0 aliphatic heterocycles. The fraction of sp³-hybridized carbons (Fsp3) is 0.440. The zero-order valence-corrected chi connectivity index (χ0v) is 19.9. The van der Waals surface area contributed by atoms with Gasteiger partial charge in [0.1, 0.15) is 11.8 Å². The molecule has 1 aliphatic carbocycles. The highest BCUT2D eigenvalue weighted by Crippen LogP contribution is 2.21. The van der Waals surface area contributed by atoms with Crippen LogP contribution in [0, 0.1) is 0 Å². The molecule has 3 rings (SSSR count). The number of hydrogen-bond acceptors (Lipinski definition) is 3. The van der Waals surface area contributed by atoms with Crippen LogP contribution in [0.15, 0.2) is 48.5 Å². The molecule has 1 fully saturated rings. The summed E-state index contributed by atoms with van der Waals surface area (Å²) in [6.07, 6.45) is 5.96. The highest BCUT2D eigenvalue weighted by molar-refractivity contribution is 6.30. The summed E-state index contributed by atoms with van der Waals surface area (Å²) in [6, 6.07) is 13.8. The van der Waals surface area contributed by atoms with Crippen molar-refractivity contribution in [1.82, 2.24) is 10.2 Å². The van der Waals surface area contributed by atoms with Crippen molar-refractivity contribution in [3.05, 3.63) is 64.1 Å². The molecule has 1 atom stereocenters. The van der Waals surface area contributed by atoms with Crippen LogP contribution in [0.2, 0.25) is 10.0 Å². The maximum Gasteiger partial charge on any atom is 0.261 e. The number of hydrogen-bond donors (Lipinski definition) is 1. The summed E-state index contributed by atoms with van der Waals surface area (Å²) in [5, 5.41) is 4.33. The van der Waals surface area contributed by atoms with Crippen molar-refractivity contribution >= 4 is 35.0 Å². The van der Waals surface area contributed by atoms with E-state index in [1.807, 2.05) is 19.1 Å². The van der Waals surface area contributed by atoms with Crippen LogP contribution >= 0.6 is 23.2 Å². The molecule has 0 heterocycles. The molecular weight excluding hydrogens is 447 g/mol. The van der Waals surface area contributed by atoms with E-state index in [1.54, 1.807) is 41.3 Å². The largest absolute Gasteiger partial charge is 0.484 e. The molecule has 1 aliphatic rings. The van der Waals surface area contributed by atoms with Crippen LogP contribution in [0.3, 0.4) is 0 Å². The molecule has 7 heteroatoms. The zero-order chi connectivity index (χ0) is 22.9. The molecule has 0 saturated heterocycles. The molecule has 0 radical (unpaired) electrons. The summed E-state index contributed by atoms with van der Waals surface area (Å²) in [5.74, 6) is 0.145. The Bertz CT molecular complexity index is 898. The molecule has 2 aromatic rings. The van der Waals surface area contributed by atoms with E-state index in [9.17, 15) is 9.59 Å². The molecule has 2 aromatic carbocycles. The van der Waals surface area contributed by atoms with Crippen molar-refractivity contribution in [1.29, 1.82) is 0 Å². The van der Waals surface area contributed by atoms with Gasteiger partial charge in [0.05, 0.1) is 0 Å². The number of carbonyl (C=O) groups is 2. The van der Waals surface area contributed by atoms with Gasteiger partial charge in [-0.2, -0.15) is 0 Å². The van der Waals surface area contributed by atoms with Gasteiger partial charge in [0.15, 0.2) is 6.61 Å². The summed E-state index contributed by atoms with van der Waals surface area (Å²) in [4.78, 5) is 28.0. The number of carbonyl (C=O) groups excluding carboxylic acids is 2. The van der Waals surface area contributed by atoms with Gasteiger partial charge in [-0.3, -0.25) is 9.59 Å². The van der Waals surface area contributed by atoms with Gasteiger partial charge in [0, 0.05) is 22.6 Å². The fourth-order valence-electron chi connectivity index (χ4n) is 4.04. The molecule has 0 aromatic heterocycles. The Morgan fingerprint density at radius 1 is 1.06 bits per heavy atom. The molecule has 2 amide bonds. The number of benzene rings is 2. The van der Waals surface area contributed by atoms with Gasteiger partial charge in [-0.05, 0) is 55.2 Å². The second-order valence-electron chi connectivity index (χ2n) is 8.16. The first-order chi connectivity index (χ1) is 15.5. The normalized spacial score (nSPS) is 15.1. The minimum atomic E-state index is -0.580. The molecule has 5 nitrogen and oxygen atoms in total. The Labute approximate surface area is 200 Å². The first kappa shape index (κ1) is 24.4. The molecule has 172 valence electrons. The third kappa shape index (κ3) is 7.14. The van der Waals surface area contributed by atoms with Gasteiger partial charge >= 0.3 is 0 Å². The molecular formula is C25H30Cl2N2O3. The Hall–Kier alpha value is -2.24. The molecule has 1 unspecified atom stereocenters. The van der Waals surface area contributed by atoms with E-state index in [0.717, 1.165) is 31.2 Å². The summed E-state index contributed by atoms with van der Waals surface area (Å²) >= 11 is 12.0. The van der Waals surface area contributed by atoms with Crippen LogP contribution < -0.4 is 10.1 Å². The van der Waals surface area contributed by atoms with E-state index in [2.05, 4.69) is 5.32 Å². The predicted molar refractivity (Wildman–Crippen MR) is 128 cm³/mol. The Kier molecular flexibility index (Phi) is 9.24. The third-order valence-corrected chi connectivity index (χ3v) is 6.25. The standard InChI is InChI=1S/C25H30Cl2N2O3/c1-2-23(25(31)28-21-8-4-3-5-9-21)29(16-18-11-13-19(26)14-12-18)24(30)17-32-22-10-6-7-20(27)15-22/h6-7,10-15,21,23H,2-5,8-9,16-17H2,1H3,(H,28,31). The highest BCUT2D eigenvalue weighted by Gasteiger charge is 2.30. The lowest BCUT2D eigenvalue weighted by Crippen LogP contribution is -2.52. The lowest BCUT2D eigenvalue weighted by Gasteiger charge is -2.32. The number of halogens is 2. The molecule has 1 saturated carbocycles. The molecule has 0 bridgehead atoms. The lowest BCUT2D eigenvalue weighted by molar-refractivity contribution is -0.143. The van der Waals surface area contributed by atoms with Gasteiger partial charge in [0.25, 0.3) is 5.91 Å². The Balaban J connectivity index is 1.74. The number of rotatable bonds is 9. The summed E-state index contributed by atoms with van der Waals surface area (Å²) in [6.45, 7) is 2.04. The van der Waals surface area contributed by atoms with Gasteiger partial charge in [-0.25, -0.2) is 0 Å². The Morgan fingerprint density at radius 2 is 1.78 bits per heavy atom. The number of nitrogens with zero attached hydrogens (tertiary/aromatic N) is 1. The van der Waals surface area contributed by atoms with Gasteiger partial charge in [-0.15, -0.1) is 0 Å². The minimum absolute atomic E-state index is 0.107. The second kappa shape index (κ2) is 12.1. The van der Waals surface area contributed by atoms with E-state index in [0.29, 0.717) is 28.8 Å². The average Bonchev–Trinajstić information content (AvgIpc) is 2.79. The van der Waals surface area contributed by atoms with E-state index in [4.69, 9.17) is 27.9 Å². The van der Waals surface area contributed by atoms with Crippen LogP contribution in [-0.4, -0.2) is 35.4 Å². The van der Waals surface area contributed by atoms with Crippen molar-refractivity contribution < 1.29 is 14.3 Å². The number of ether oxygens (including phenoxy) is 1. The first-order valence-electron chi connectivity index (χ1n) is 11.2. The monoisotopic (exact) mass is 476 g/mol. The maximum absolute atomic E-state index is 13.2. The van der Waals surface area contributed by atoms with E-state index >= 15 is 0 Å². The summed E-state index contributed by atoms with van der Waals surface area (Å²) in [5.41, 5.74) is 0.898. The topological polar surface area (TPSA) is 58.6 Å². The molecule has 32 heavy (non-hydrogen) atoms. The SMILES string of the molecule is CCC(C(=O)NC1CCCCC1)N(Cc1ccc(Cl)cc1)C(=O)COc1cccc(Cl)c1. The smallest absolute Gasteiger partial charge is 0.261 e. The van der Waals surface area contributed by atoms with Gasteiger partial charge in [0.2, 0.25) is 5.91 Å². The minimum Gasteiger partial charge on any atom is -0.484 e. The van der Waals surface area contributed by atoms with Crippen LogP contribution in [0.4, 0.5) is 0 Å². The zero-order valence-electron chi connectivity index (χ0n) is 18.4. The van der Waals surface area contributed by atoms with Crippen LogP contribution in [0.1, 0.15) is 51.0 Å². The number of amides is 2. The van der Waals surface area contributed by atoms with Gasteiger partial charge < -0.3 is 15.0 Å². The number of nitrogens with one attached hydrogen (secondary N) is 1. The van der Waals surface area contributed by atoms with Crippen molar-refractivity contribution in [3.8, 4) is 5.75 Å². The van der Waals surface area contributed by atoms with E-state index in [-0.39, 0.29) is 24.5 Å². The average molecular weight is 477 g/mol. The van der Waals surface area contributed by atoms with Crippen molar-refractivity contribution in [3.63, 3.8) is 0 Å². The second-order valence-corrected chi connectivity index (χ2v) is 9.03. The predicted octanol–water partition coefficient (Wildman–Crippen LogP) is 5.63. The lowest BCUT2D eigenvalue weighted by atomic mass is 9.95.